The standard InChI is InChI=1S/C27H24N4O3/c1-18-15-24(27(34)29-23(25(32)26(28)33)16-19-9-4-2-5-10-19)31(30-18)22-14-8-13-21(17-22)20-11-6-3-7-12-20/h2-15,17,23H,16H2,1H3,(H2,28,33)(H,29,34)/t23-/m0/s1. The number of ketones is 1. The summed E-state index contributed by atoms with van der Waals surface area (Å²) in [5.74, 6) is -2.48. The van der Waals surface area contributed by atoms with Crippen molar-refractivity contribution in [3.05, 3.63) is 108 Å². The summed E-state index contributed by atoms with van der Waals surface area (Å²) in [4.78, 5) is 37.3. The molecule has 3 N–H and O–H groups in total. The number of hydrogen-bond acceptors (Lipinski definition) is 4. The fourth-order valence-electron chi connectivity index (χ4n) is 3.77. The molecule has 7 heteroatoms. The summed E-state index contributed by atoms with van der Waals surface area (Å²) in [5, 5.41) is 7.17. The minimum atomic E-state index is -1.10. The first-order chi connectivity index (χ1) is 16.4. The van der Waals surface area contributed by atoms with Gasteiger partial charge in [0.2, 0.25) is 5.78 Å². The second kappa shape index (κ2) is 9.95. The predicted molar refractivity (Wildman–Crippen MR) is 129 cm³/mol. The fraction of sp³-hybridized carbons (Fsp3) is 0.111. The summed E-state index contributed by atoms with van der Waals surface area (Å²) >= 11 is 0. The van der Waals surface area contributed by atoms with E-state index in [1.165, 1.54) is 4.68 Å². The van der Waals surface area contributed by atoms with E-state index in [4.69, 9.17) is 5.73 Å². The lowest BCUT2D eigenvalue weighted by Gasteiger charge is -2.17. The number of carbonyl (C=O) groups excluding carboxylic acids is 3. The molecule has 34 heavy (non-hydrogen) atoms. The zero-order chi connectivity index (χ0) is 24.1. The van der Waals surface area contributed by atoms with E-state index >= 15 is 0 Å². The average molecular weight is 453 g/mol. The SMILES string of the molecule is Cc1cc(C(=O)N[C@@H](Cc2ccccc2)C(=O)C(N)=O)n(-c2cccc(-c3ccccc3)c2)n1. The number of Topliss-reactive ketones (excluding diaryl/α,β-unsaturated/α-hetero) is 1. The minimum absolute atomic E-state index is 0.144. The third-order valence-electron chi connectivity index (χ3n) is 5.41. The highest BCUT2D eigenvalue weighted by Gasteiger charge is 2.27. The van der Waals surface area contributed by atoms with Gasteiger partial charge in [0.1, 0.15) is 11.7 Å². The molecule has 0 spiro atoms. The van der Waals surface area contributed by atoms with Crippen LogP contribution < -0.4 is 11.1 Å². The number of carbonyl (C=O) groups is 3. The third-order valence-corrected chi connectivity index (χ3v) is 5.41. The number of rotatable bonds is 8. The number of aryl methyl sites for hydroxylation is 1. The van der Waals surface area contributed by atoms with E-state index in [0.29, 0.717) is 11.4 Å². The maximum Gasteiger partial charge on any atom is 0.287 e. The monoisotopic (exact) mass is 452 g/mol. The van der Waals surface area contributed by atoms with Crippen LogP contribution in [0, 0.1) is 6.92 Å². The molecule has 0 aliphatic rings. The molecule has 7 nitrogen and oxygen atoms in total. The lowest BCUT2D eigenvalue weighted by molar-refractivity contribution is -0.137. The minimum Gasteiger partial charge on any atom is -0.363 e. The summed E-state index contributed by atoms with van der Waals surface area (Å²) < 4.78 is 1.53. The number of amides is 2. The number of nitrogens with zero attached hydrogens (tertiary/aromatic N) is 2. The van der Waals surface area contributed by atoms with Gasteiger partial charge in [-0.3, -0.25) is 14.4 Å². The van der Waals surface area contributed by atoms with Gasteiger partial charge in [0.05, 0.1) is 11.4 Å². The van der Waals surface area contributed by atoms with Gasteiger partial charge in [0.25, 0.3) is 11.8 Å². The maximum absolute atomic E-state index is 13.3. The number of benzene rings is 3. The van der Waals surface area contributed by atoms with Gasteiger partial charge in [-0.1, -0.05) is 72.8 Å². The number of nitrogens with two attached hydrogens (primary N) is 1. The maximum atomic E-state index is 13.3. The summed E-state index contributed by atoms with van der Waals surface area (Å²) in [6.45, 7) is 1.78. The Labute approximate surface area is 197 Å². The van der Waals surface area contributed by atoms with Crippen molar-refractivity contribution >= 4 is 17.6 Å². The molecule has 1 heterocycles. The van der Waals surface area contributed by atoms with E-state index in [2.05, 4.69) is 10.4 Å². The van der Waals surface area contributed by atoms with Gasteiger partial charge in [-0.15, -0.1) is 0 Å². The Hall–Kier alpha value is -4.52. The van der Waals surface area contributed by atoms with Gasteiger partial charge in [-0.05, 0) is 41.8 Å². The Morgan fingerprint density at radius 1 is 0.882 bits per heavy atom. The van der Waals surface area contributed by atoms with Crippen LogP contribution in [0.5, 0.6) is 0 Å². The first-order valence-electron chi connectivity index (χ1n) is 10.8. The van der Waals surface area contributed by atoms with Crippen LogP contribution in [0.1, 0.15) is 21.7 Å². The summed E-state index contributed by atoms with van der Waals surface area (Å²) in [7, 11) is 0. The zero-order valence-electron chi connectivity index (χ0n) is 18.6. The molecule has 0 radical (unpaired) electrons. The summed E-state index contributed by atoms with van der Waals surface area (Å²) in [5.41, 5.74) is 9.63. The highest BCUT2D eigenvalue weighted by molar-refractivity contribution is 6.38. The Balaban J connectivity index is 1.64. The molecule has 1 aromatic heterocycles. The summed E-state index contributed by atoms with van der Waals surface area (Å²) in [6, 6.07) is 27.2. The van der Waals surface area contributed by atoms with Crippen molar-refractivity contribution in [1.82, 2.24) is 15.1 Å². The molecule has 4 aromatic rings. The Bertz CT molecular complexity index is 1330. The Morgan fingerprint density at radius 2 is 1.53 bits per heavy atom. The molecule has 2 amide bonds. The normalized spacial score (nSPS) is 11.6. The van der Waals surface area contributed by atoms with Crippen LogP contribution in [-0.2, 0) is 16.0 Å². The highest BCUT2D eigenvalue weighted by atomic mass is 16.2. The van der Waals surface area contributed by atoms with Crippen molar-refractivity contribution in [2.45, 2.75) is 19.4 Å². The number of aromatic nitrogens is 2. The molecular formula is C27H24N4O3. The van der Waals surface area contributed by atoms with Crippen LogP contribution in [0.15, 0.2) is 91.0 Å². The second-order valence-electron chi connectivity index (χ2n) is 7.94. The first-order valence-corrected chi connectivity index (χ1v) is 10.8. The topological polar surface area (TPSA) is 107 Å². The number of primary amides is 1. The van der Waals surface area contributed by atoms with Crippen molar-refractivity contribution in [2.75, 3.05) is 0 Å². The van der Waals surface area contributed by atoms with Gasteiger partial charge >= 0.3 is 0 Å². The number of nitrogens with one attached hydrogen (secondary N) is 1. The van der Waals surface area contributed by atoms with Crippen LogP contribution in [0.4, 0.5) is 0 Å². The molecule has 4 rings (SSSR count). The van der Waals surface area contributed by atoms with Crippen molar-refractivity contribution in [2.24, 2.45) is 5.73 Å². The molecule has 0 bridgehead atoms. The van der Waals surface area contributed by atoms with Crippen molar-refractivity contribution in [3.63, 3.8) is 0 Å². The van der Waals surface area contributed by atoms with E-state index < -0.39 is 23.6 Å². The largest absolute Gasteiger partial charge is 0.363 e. The van der Waals surface area contributed by atoms with Crippen molar-refractivity contribution < 1.29 is 14.4 Å². The molecule has 0 aliphatic carbocycles. The van der Waals surface area contributed by atoms with E-state index in [0.717, 1.165) is 16.7 Å². The van der Waals surface area contributed by atoms with Gasteiger partial charge in [-0.2, -0.15) is 5.10 Å². The summed E-state index contributed by atoms with van der Waals surface area (Å²) in [6.07, 6.45) is 0.144. The van der Waals surface area contributed by atoms with E-state index in [1.807, 2.05) is 84.9 Å². The smallest absolute Gasteiger partial charge is 0.287 e. The lowest BCUT2D eigenvalue weighted by Crippen LogP contribution is -2.47. The molecule has 0 fully saturated rings. The lowest BCUT2D eigenvalue weighted by atomic mass is 10.0. The van der Waals surface area contributed by atoms with E-state index in [9.17, 15) is 14.4 Å². The molecule has 0 saturated carbocycles. The molecule has 0 unspecified atom stereocenters. The fourth-order valence-corrected chi connectivity index (χ4v) is 3.77. The third kappa shape index (κ3) is 5.10. The molecule has 1 atom stereocenters. The van der Waals surface area contributed by atoms with Crippen LogP contribution >= 0.6 is 0 Å². The molecule has 0 saturated heterocycles. The quantitative estimate of drug-likeness (QED) is 0.400. The molecular weight excluding hydrogens is 428 g/mol. The van der Waals surface area contributed by atoms with Crippen LogP contribution in [0.25, 0.3) is 16.8 Å². The van der Waals surface area contributed by atoms with Crippen molar-refractivity contribution in [1.29, 1.82) is 0 Å². The van der Waals surface area contributed by atoms with Crippen molar-refractivity contribution in [3.8, 4) is 16.8 Å². The number of hydrogen-bond donors (Lipinski definition) is 2. The average Bonchev–Trinajstić information content (AvgIpc) is 3.26. The zero-order valence-corrected chi connectivity index (χ0v) is 18.6. The molecule has 170 valence electrons. The van der Waals surface area contributed by atoms with Gasteiger partial charge in [0, 0.05) is 6.42 Å². The predicted octanol–water partition coefficient (Wildman–Crippen LogP) is 3.24. The van der Waals surface area contributed by atoms with Gasteiger partial charge in [-0.25, -0.2) is 4.68 Å². The Kier molecular flexibility index (Phi) is 6.64. The van der Waals surface area contributed by atoms with Crippen LogP contribution in [-0.4, -0.2) is 33.4 Å². The van der Waals surface area contributed by atoms with Crippen LogP contribution in [0.3, 0.4) is 0 Å². The van der Waals surface area contributed by atoms with Gasteiger partial charge < -0.3 is 11.1 Å². The van der Waals surface area contributed by atoms with E-state index in [-0.39, 0.29) is 12.1 Å². The molecule has 3 aromatic carbocycles. The van der Waals surface area contributed by atoms with E-state index in [1.54, 1.807) is 13.0 Å². The van der Waals surface area contributed by atoms with Gasteiger partial charge in [0.15, 0.2) is 0 Å². The Morgan fingerprint density at radius 3 is 2.21 bits per heavy atom. The highest BCUT2D eigenvalue weighted by Crippen LogP contribution is 2.23. The second-order valence-corrected chi connectivity index (χ2v) is 7.94. The van der Waals surface area contributed by atoms with Crippen LogP contribution in [0.2, 0.25) is 0 Å². The molecule has 0 aliphatic heterocycles. The first kappa shape index (κ1) is 22.7.